The van der Waals surface area contributed by atoms with E-state index in [1.165, 1.54) is 6.20 Å². The molecule has 3 N–H and O–H groups in total. The van der Waals surface area contributed by atoms with Crippen LogP contribution in [0.25, 0.3) is 16.7 Å². The Balaban J connectivity index is 1.58. The Morgan fingerprint density at radius 2 is 2.15 bits per heavy atom. The van der Waals surface area contributed by atoms with Crippen molar-refractivity contribution < 1.29 is 9.53 Å². The lowest BCUT2D eigenvalue weighted by molar-refractivity contribution is 0.0179. The molecular formula is C21H22BN9O2. The highest BCUT2D eigenvalue weighted by molar-refractivity contribution is 6.12. The van der Waals surface area contributed by atoms with Gasteiger partial charge in [-0.25, -0.2) is 9.67 Å². The van der Waals surface area contributed by atoms with E-state index in [2.05, 4.69) is 31.4 Å². The Bertz CT molecular complexity index is 1400. The first-order valence-electron chi connectivity index (χ1n) is 10.9. The number of amides is 1. The number of anilines is 3. The molecule has 1 unspecified atom stereocenters. The summed E-state index contributed by atoms with van der Waals surface area (Å²) in [5.74, 6) is 0.965. The van der Waals surface area contributed by atoms with Gasteiger partial charge in [-0.3, -0.25) is 4.79 Å². The van der Waals surface area contributed by atoms with E-state index in [-0.39, 0.29) is 18.1 Å². The Morgan fingerprint density at radius 1 is 1.27 bits per heavy atom. The number of benzene rings is 1. The van der Waals surface area contributed by atoms with Gasteiger partial charge < -0.3 is 20.7 Å². The number of hydrogen-bond acceptors (Lipinski definition) is 8. The van der Waals surface area contributed by atoms with Gasteiger partial charge >= 0.3 is 0 Å². The summed E-state index contributed by atoms with van der Waals surface area (Å²) in [5.41, 5.74) is 3.80. The molecular weight excluding hydrogens is 421 g/mol. The summed E-state index contributed by atoms with van der Waals surface area (Å²) in [5, 5.41) is 22.4. The lowest BCUT2D eigenvalue weighted by atomic mass is 9.90. The van der Waals surface area contributed by atoms with Gasteiger partial charge in [0, 0.05) is 26.2 Å². The van der Waals surface area contributed by atoms with Crippen molar-refractivity contribution in [2.75, 3.05) is 17.7 Å². The fraction of sp³-hybridized carbons (Fsp3) is 0.381. The van der Waals surface area contributed by atoms with Gasteiger partial charge in [-0.15, -0.1) is 5.10 Å². The predicted molar refractivity (Wildman–Crippen MR) is 123 cm³/mol. The van der Waals surface area contributed by atoms with Crippen molar-refractivity contribution in [1.82, 2.24) is 34.9 Å². The topological polar surface area (TPSA) is 123 Å². The van der Waals surface area contributed by atoms with E-state index in [1.54, 1.807) is 16.2 Å². The Hall–Kier alpha value is -3.67. The summed E-state index contributed by atoms with van der Waals surface area (Å²) in [6.45, 7) is 0. The van der Waals surface area contributed by atoms with Gasteiger partial charge in [0.2, 0.25) is 0 Å². The standard InChI is InChI=1S/C21H22BN9O2/c1-23-17-8-16-25-13-6-10(7-14-18(13)28-29-30(14)2)19(22)33-15-5-3-4-12(15)26-21(32)11-9-24-31(17)20(11)27-16/h6-9,12,15,19,23H,3-5H2,1-2H3,(H,25,27)(H,26,32)/t12-,15+,19?/m1/s1. The zero-order valence-corrected chi connectivity index (χ0v) is 18.2. The number of ether oxygens (including phenoxy) is 1. The van der Waals surface area contributed by atoms with Crippen LogP contribution in [-0.4, -0.2) is 62.5 Å². The normalized spacial score (nSPS) is 22.7. The minimum Gasteiger partial charge on any atom is -0.378 e. The molecule has 3 aromatic heterocycles. The number of nitrogens with zero attached hydrogens (tertiary/aromatic N) is 6. The molecule has 0 saturated heterocycles. The SMILES string of the molecule is [B]C1O[C@H]2CCC[C@H]2NC(=O)c2cnn3c(NC)cc(nc23)Nc2cc1cc1c2nnn1C. The zero-order valence-electron chi connectivity index (χ0n) is 18.2. The fourth-order valence-corrected chi connectivity index (χ4v) is 4.68. The van der Waals surface area contributed by atoms with E-state index in [0.29, 0.717) is 34.1 Å². The van der Waals surface area contributed by atoms with Gasteiger partial charge in [0.15, 0.2) is 5.65 Å². The van der Waals surface area contributed by atoms with Gasteiger partial charge in [0.25, 0.3) is 5.91 Å². The molecule has 2 radical (unpaired) electrons. The summed E-state index contributed by atoms with van der Waals surface area (Å²) < 4.78 is 9.56. The molecule has 4 aromatic rings. The maximum Gasteiger partial charge on any atom is 0.257 e. The number of aryl methyl sites for hydroxylation is 1. The molecule has 6 rings (SSSR count). The molecule has 1 amide bonds. The van der Waals surface area contributed by atoms with Crippen molar-refractivity contribution >= 4 is 47.8 Å². The quantitative estimate of drug-likeness (QED) is 0.380. The van der Waals surface area contributed by atoms with Crippen LogP contribution in [0.4, 0.5) is 17.3 Å². The highest BCUT2D eigenvalue weighted by Gasteiger charge is 2.32. The second kappa shape index (κ2) is 7.44. The largest absolute Gasteiger partial charge is 0.378 e. The Labute approximate surface area is 190 Å². The number of aromatic nitrogens is 6. The van der Waals surface area contributed by atoms with Gasteiger partial charge in [-0.1, -0.05) is 5.21 Å². The third kappa shape index (κ3) is 3.20. The van der Waals surface area contributed by atoms with E-state index in [1.807, 2.05) is 25.2 Å². The van der Waals surface area contributed by atoms with Crippen LogP contribution in [0.5, 0.6) is 0 Å². The Kier molecular flexibility index (Phi) is 4.51. The molecule has 1 fully saturated rings. The predicted octanol–water partition coefficient (Wildman–Crippen LogP) is 1.64. The summed E-state index contributed by atoms with van der Waals surface area (Å²) in [6.07, 6.45) is 3.93. The van der Waals surface area contributed by atoms with Crippen molar-refractivity contribution in [3.63, 3.8) is 0 Å². The summed E-state index contributed by atoms with van der Waals surface area (Å²) >= 11 is 0. The van der Waals surface area contributed by atoms with Crippen LogP contribution in [0.3, 0.4) is 0 Å². The average Bonchev–Trinajstić information content (AvgIpc) is 3.52. The number of rotatable bonds is 1. The number of fused-ring (bicyclic) bond motifs is 6. The molecule has 4 bridgehead atoms. The summed E-state index contributed by atoms with van der Waals surface area (Å²) in [6, 6.07) is 4.84. The van der Waals surface area contributed by atoms with Gasteiger partial charge in [0.05, 0.1) is 29.5 Å². The van der Waals surface area contributed by atoms with E-state index < -0.39 is 6.00 Å². The van der Waals surface area contributed by atoms with Crippen LogP contribution in [0, 0.1) is 0 Å². The van der Waals surface area contributed by atoms with E-state index >= 15 is 0 Å². The lowest BCUT2D eigenvalue weighted by Crippen LogP contribution is -2.41. The van der Waals surface area contributed by atoms with E-state index in [9.17, 15) is 4.79 Å². The summed E-state index contributed by atoms with van der Waals surface area (Å²) in [4.78, 5) is 17.9. The van der Waals surface area contributed by atoms with Crippen molar-refractivity contribution in [2.45, 2.75) is 37.4 Å². The van der Waals surface area contributed by atoms with Gasteiger partial charge in [-0.05, 0) is 37.0 Å². The molecule has 1 aliphatic carbocycles. The minimum absolute atomic E-state index is 0.145. The number of nitrogens with one attached hydrogen (secondary N) is 3. The molecule has 1 aliphatic heterocycles. The van der Waals surface area contributed by atoms with Crippen molar-refractivity contribution in [2.24, 2.45) is 7.05 Å². The maximum atomic E-state index is 13.2. The number of carbonyl (C=O) groups is 1. The van der Waals surface area contributed by atoms with E-state index in [0.717, 1.165) is 30.3 Å². The molecule has 33 heavy (non-hydrogen) atoms. The minimum atomic E-state index is -0.676. The Morgan fingerprint density at radius 3 is 3.00 bits per heavy atom. The molecule has 166 valence electrons. The number of carbonyl (C=O) groups excluding carboxylic acids is 1. The van der Waals surface area contributed by atoms with Crippen LogP contribution in [0.1, 0.15) is 41.2 Å². The molecule has 4 heterocycles. The first-order chi connectivity index (χ1) is 16.0. The maximum absolute atomic E-state index is 13.2. The van der Waals surface area contributed by atoms with Crippen molar-refractivity contribution in [3.05, 3.63) is 35.5 Å². The molecule has 3 atom stereocenters. The van der Waals surface area contributed by atoms with E-state index in [4.69, 9.17) is 17.6 Å². The average molecular weight is 443 g/mol. The highest BCUT2D eigenvalue weighted by Crippen LogP contribution is 2.33. The van der Waals surface area contributed by atoms with Crippen LogP contribution in [0.15, 0.2) is 24.4 Å². The molecule has 2 aliphatic rings. The van der Waals surface area contributed by atoms with Crippen LogP contribution >= 0.6 is 0 Å². The summed E-state index contributed by atoms with van der Waals surface area (Å²) in [7, 11) is 10.1. The third-order valence-electron chi connectivity index (χ3n) is 6.39. The monoisotopic (exact) mass is 443 g/mol. The molecule has 0 spiro atoms. The van der Waals surface area contributed by atoms with Crippen molar-refractivity contribution in [1.29, 1.82) is 0 Å². The molecule has 1 aromatic carbocycles. The smallest absolute Gasteiger partial charge is 0.257 e. The fourth-order valence-electron chi connectivity index (χ4n) is 4.68. The van der Waals surface area contributed by atoms with Gasteiger partial charge in [-0.2, -0.15) is 9.61 Å². The number of hydrogen-bond donors (Lipinski definition) is 3. The highest BCUT2D eigenvalue weighted by atomic mass is 16.5. The van der Waals surface area contributed by atoms with Crippen LogP contribution < -0.4 is 16.0 Å². The van der Waals surface area contributed by atoms with Crippen LogP contribution in [0.2, 0.25) is 0 Å². The zero-order chi connectivity index (χ0) is 22.7. The molecule has 11 nitrogen and oxygen atoms in total. The second-order valence-corrected chi connectivity index (χ2v) is 8.45. The third-order valence-corrected chi connectivity index (χ3v) is 6.39. The first-order valence-corrected chi connectivity index (χ1v) is 10.9. The second-order valence-electron chi connectivity index (χ2n) is 8.45. The molecule has 12 heteroatoms. The van der Waals surface area contributed by atoms with Gasteiger partial charge in [0.1, 0.15) is 30.6 Å². The molecule has 1 saturated carbocycles. The van der Waals surface area contributed by atoms with Crippen LogP contribution in [-0.2, 0) is 11.8 Å². The first kappa shape index (κ1) is 20.0. The van der Waals surface area contributed by atoms with Crippen molar-refractivity contribution in [3.8, 4) is 0 Å². The lowest BCUT2D eigenvalue weighted by Gasteiger charge is -2.26.